The monoisotopic (exact) mass is 228 g/mol. The van der Waals surface area contributed by atoms with Crippen LogP contribution in [0.25, 0.3) is 0 Å². The second-order valence-corrected chi connectivity index (χ2v) is 6.07. The van der Waals surface area contributed by atoms with E-state index in [1.54, 1.807) is 12.1 Å². The van der Waals surface area contributed by atoms with Crippen LogP contribution in [0.5, 0.6) is 0 Å². The highest BCUT2D eigenvalue weighted by molar-refractivity contribution is 7.91. The van der Waals surface area contributed by atoms with Crippen LogP contribution in [0.1, 0.15) is 23.3 Å². The van der Waals surface area contributed by atoms with E-state index >= 15 is 0 Å². The molecule has 3 nitrogen and oxygen atoms in total. The maximum atomic E-state index is 11.5. The van der Waals surface area contributed by atoms with E-state index in [1.165, 1.54) is 6.92 Å². The summed E-state index contributed by atoms with van der Waals surface area (Å²) < 4.78 is 23.0. The van der Waals surface area contributed by atoms with E-state index in [1.807, 2.05) is 19.1 Å². The maximum absolute atomic E-state index is 11.5. The van der Waals surface area contributed by atoms with Crippen molar-refractivity contribution in [2.75, 3.05) is 6.26 Å². The zero-order chi connectivity index (χ0) is 11.6. The van der Waals surface area contributed by atoms with Gasteiger partial charge >= 0.3 is 0 Å². The zero-order valence-corrected chi connectivity index (χ0v) is 9.95. The van der Waals surface area contributed by atoms with E-state index in [2.05, 4.69) is 0 Å². The van der Waals surface area contributed by atoms with Crippen molar-refractivity contribution >= 4 is 9.84 Å². The molecule has 15 heavy (non-hydrogen) atoms. The largest absolute Gasteiger partial charge is 0.392 e. The highest BCUT2D eigenvalue weighted by atomic mass is 32.2. The third-order valence-electron chi connectivity index (χ3n) is 2.31. The van der Waals surface area contributed by atoms with Gasteiger partial charge < -0.3 is 5.11 Å². The molecule has 0 amide bonds. The molecule has 0 radical (unpaired) electrons. The molecular weight excluding hydrogens is 212 g/mol. The predicted octanol–water partition coefficient (Wildman–Crippen LogP) is 1.46. The third-order valence-corrected chi connectivity index (χ3v) is 3.89. The van der Waals surface area contributed by atoms with Crippen LogP contribution in [-0.2, 0) is 9.84 Å². The summed E-state index contributed by atoms with van der Waals surface area (Å²) >= 11 is 0. The molecule has 0 aromatic heterocycles. The number of aryl methyl sites for hydroxylation is 1. The molecule has 0 saturated heterocycles. The second-order valence-electron chi connectivity index (χ2n) is 3.90. The SMILES string of the molecule is Cc1ccc(C(C(C)O)S(C)(=O)=O)cc1. The van der Waals surface area contributed by atoms with Crippen molar-refractivity contribution in [1.29, 1.82) is 0 Å². The van der Waals surface area contributed by atoms with Gasteiger partial charge in [0.15, 0.2) is 9.84 Å². The van der Waals surface area contributed by atoms with E-state index in [9.17, 15) is 13.5 Å². The number of benzene rings is 1. The molecule has 0 heterocycles. The molecule has 0 saturated carbocycles. The van der Waals surface area contributed by atoms with Crippen LogP contribution in [0.3, 0.4) is 0 Å². The summed E-state index contributed by atoms with van der Waals surface area (Å²) in [7, 11) is -3.28. The molecule has 1 rings (SSSR count). The predicted molar refractivity (Wildman–Crippen MR) is 60.4 cm³/mol. The molecule has 2 unspecified atom stereocenters. The first-order valence-electron chi connectivity index (χ1n) is 4.76. The third kappa shape index (κ3) is 3.04. The first kappa shape index (κ1) is 12.2. The van der Waals surface area contributed by atoms with Crippen LogP contribution in [0.2, 0.25) is 0 Å². The van der Waals surface area contributed by atoms with E-state index < -0.39 is 21.2 Å². The van der Waals surface area contributed by atoms with Gasteiger partial charge in [-0.15, -0.1) is 0 Å². The maximum Gasteiger partial charge on any atom is 0.156 e. The molecule has 1 aromatic rings. The zero-order valence-electron chi connectivity index (χ0n) is 9.14. The summed E-state index contributed by atoms with van der Waals surface area (Å²) in [6.07, 6.45) is 0.243. The summed E-state index contributed by atoms with van der Waals surface area (Å²) in [6.45, 7) is 3.42. The summed E-state index contributed by atoms with van der Waals surface area (Å²) in [5.74, 6) is 0. The fourth-order valence-electron chi connectivity index (χ4n) is 1.64. The fourth-order valence-corrected chi connectivity index (χ4v) is 3.01. The lowest BCUT2D eigenvalue weighted by molar-refractivity contribution is 0.188. The minimum atomic E-state index is -3.28. The first-order chi connectivity index (χ1) is 6.82. The Bertz CT molecular complexity index is 418. The Balaban J connectivity index is 3.17. The van der Waals surface area contributed by atoms with Gasteiger partial charge in [0.25, 0.3) is 0 Å². The standard InChI is InChI=1S/C11H16O3S/c1-8-4-6-10(7-5-8)11(9(2)12)15(3,13)14/h4-7,9,11-12H,1-3H3. The Morgan fingerprint density at radius 2 is 1.67 bits per heavy atom. The number of rotatable bonds is 3. The Kier molecular flexibility index (Phi) is 3.52. The van der Waals surface area contributed by atoms with Crippen LogP contribution < -0.4 is 0 Å². The van der Waals surface area contributed by atoms with Gasteiger partial charge in [-0.25, -0.2) is 8.42 Å². The van der Waals surface area contributed by atoms with Crippen molar-refractivity contribution in [2.45, 2.75) is 25.2 Å². The summed E-state index contributed by atoms with van der Waals surface area (Å²) in [4.78, 5) is 0. The number of hydrogen-bond donors (Lipinski definition) is 1. The quantitative estimate of drug-likeness (QED) is 0.852. The van der Waals surface area contributed by atoms with Crippen LogP contribution in [0.15, 0.2) is 24.3 Å². The molecule has 0 aliphatic rings. The van der Waals surface area contributed by atoms with Gasteiger partial charge in [0.2, 0.25) is 0 Å². The summed E-state index contributed by atoms with van der Waals surface area (Å²) in [5, 5.41) is 8.66. The Labute approximate surface area is 90.7 Å². The van der Waals surface area contributed by atoms with Crippen molar-refractivity contribution in [3.8, 4) is 0 Å². The number of aliphatic hydroxyl groups is 1. The average molecular weight is 228 g/mol. The first-order valence-corrected chi connectivity index (χ1v) is 6.71. The minimum absolute atomic E-state index is 0.637. The highest BCUT2D eigenvalue weighted by Crippen LogP contribution is 2.25. The molecule has 4 heteroatoms. The molecule has 0 aliphatic carbocycles. The van der Waals surface area contributed by atoms with Gasteiger partial charge in [0.1, 0.15) is 5.25 Å². The van der Waals surface area contributed by atoms with Crippen molar-refractivity contribution in [3.05, 3.63) is 35.4 Å². The van der Waals surface area contributed by atoms with E-state index in [4.69, 9.17) is 0 Å². The summed E-state index contributed by atoms with van der Waals surface area (Å²) in [5.41, 5.74) is 1.70. The molecule has 84 valence electrons. The van der Waals surface area contributed by atoms with Gasteiger partial charge in [0.05, 0.1) is 6.10 Å². The van der Waals surface area contributed by atoms with E-state index in [-0.39, 0.29) is 0 Å². The van der Waals surface area contributed by atoms with Gasteiger partial charge in [-0.3, -0.25) is 0 Å². The number of sulfone groups is 1. The fraction of sp³-hybridized carbons (Fsp3) is 0.455. The van der Waals surface area contributed by atoms with Crippen LogP contribution in [0, 0.1) is 6.92 Å². The van der Waals surface area contributed by atoms with E-state index in [0.717, 1.165) is 11.8 Å². The molecular formula is C11H16O3S. The topological polar surface area (TPSA) is 54.4 Å². The van der Waals surface area contributed by atoms with Crippen molar-refractivity contribution in [3.63, 3.8) is 0 Å². The van der Waals surface area contributed by atoms with Crippen molar-refractivity contribution in [1.82, 2.24) is 0 Å². The number of hydrogen-bond acceptors (Lipinski definition) is 3. The Morgan fingerprint density at radius 1 is 1.20 bits per heavy atom. The molecule has 0 bridgehead atoms. The van der Waals surface area contributed by atoms with Crippen molar-refractivity contribution in [2.24, 2.45) is 0 Å². The second kappa shape index (κ2) is 4.33. The summed E-state index contributed by atoms with van der Waals surface area (Å²) in [6, 6.07) is 7.17. The molecule has 1 aromatic carbocycles. The minimum Gasteiger partial charge on any atom is -0.392 e. The number of aliphatic hydroxyl groups excluding tert-OH is 1. The highest BCUT2D eigenvalue weighted by Gasteiger charge is 2.27. The lowest BCUT2D eigenvalue weighted by atomic mass is 10.1. The lowest BCUT2D eigenvalue weighted by Gasteiger charge is -2.18. The molecule has 0 fully saturated rings. The normalized spacial score (nSPS) is 16.0. The van der Waals surface area contributed by atoms with Crippen LogP contribution >= 0.6 is 0 Å². The van der Waals surface area contributed by atoms with Gasteiger partial charge in [-0.1, -0.05) is 29.8 Å². The molecule has 0 spiro atoms. The van der Waals surface area contributed by atoms with Gasteiger partial charge in [-0.05, 0) is 19.4 Å². The smallest absolute Gasteiger partial charge is 0.156 e. The van der Waals surface area contributed by atoms with Crippen LogP contribution in [0.4, 0.5) is 0 Å². The lowest BCUT2D eigenvalue weighted by Crippen LogP contribution is -2.23. The van der Waals surface area contributed by atoms with E-state index in [0.29, 0.717) is 5.56 Å². The van der Waals surface area contributed by atoms with Gasteiger partial charge in [0, 0.05) is 6.26 Å². The van der Waals surface area contributed by atoms with Gasteiger partial charge in [-0.2, -0.15) is 0 Å². The molecule has 1 N–H and O–H groups in total. The Hall–Kier alpha value is -0.870. The van der Waals surface area contributed by atoms with Crippen LogP contribution in [-0.4, -0.2) is 25.9 Å². The molecule has 2 atom stereocenters. The average Bonchev–Trinajstić information content (AvgIpc) is 2.05. The molecule has 0 aliphatic heterocycles. The Morgan fingerprint density at radius 3 is 2.00 bits per heavy atom. The van der Waals surface area contributed by atoms with Crippen molar-refractivity contribution < 1.29 is 13.5 Å².